The van der Waals surface area contributed by atoms with Crippen LogP contribution in [0.3, 0.4) is 0 Å². The Bertz CT molecular complexity index is 1700. The molecule has 17 heteroatoms. The number of benzene rings is 2. The number of fused-ring (bicyclic) bond motifs is 1. The van der Waals surface area contributed by atoms with Crippen LogP contribution in [0.1, 0.15) is 19.8 Å². The molecule has 0 aliphatic carbocycles. The topological polar surface area (TPSA) is 261 Å². The first-order valence-electron chi connectivity index (χ1n) is 13.9. The maximum Gasteiger partial charge on any atom is 0.308 e. The zero-order valence-corrected chi connectivity index (χ0v) is 25.5. The molecule has 17 nitrogen and oxygen atoms in total. The SMILES string of the molecule is COc1cc(-c2cc(=O)c3c(O)c(OC)c(O)c(OC)c3o2)ccc1OC1OC(COC(=O)CC(C)(O)CC(=O)O)C(O)C(O)C1O. The fourth-order valence-corrected chi connectivity index (χ4v) is 4.96. The van der Waals surface area contributed by atoms with Gasteiger partial charge >= 0.3 is 11.9 Å². The van der Waals surface area contributed by atoms with Crippen LogP contribution in [-0.4, -0.2) is 112 Å². The summed E-state index contributed by atoms with van der Waals surface area (Å²) in [5.74, 6) is -4.30. The standard InChI is InChI=1S/C30H34O17/c1-30(40,9-18(32)33)10-19(34)44-11-17-21(35)23(37)24(38)29(47-17)46-14-6-5-12(7-16(14)41-2)15-8-13(31)20-22(36)27(42-3)25(39)28(43-4)26(20)45-15/h5-8,17,21,23-24,29,35-40H,9-11H2,1-4H3,(H,32,33). The van der Waals surface area contributed by atoms with Crippen LogP contribution in [0.5, 0.6) is 34.5 Å². The highest BCUT2D eigenvalue weighted by Crippen LogP contribution is 2.49. The van der Waals surface area contributed by atoms with E-state index in [-0.39, 0.29) is 45.3 Å². The monoisotopic (exact) mass is 666 g/mol. The zero-order valence-electron chi connectivity index (χ0n) is 25.5. The molecule has 7 N–H and O–H groups in total. The van der Waals surface area contributed by atoms with E-state index in [9.17, 15) is 45.0 Å². The van der Waals surface area contributed by atoms with E-state index < -0.39 is 84.6 Å². The maximum absolute atomic E-state index is 13.0. The number of aliphatic hydroxyl groups excluding tert-OH is 3. The van der Waals surface area contributed by atoms with Crippen LogP contribution in [0.25, 0.3) is 22.3 Å². The van der Waals surface area contributed by atoms with Crippen molar-refractivity contribution in [3.8, 4) is 45.8 Å². The predicted octanol–water partition coefficient (Wildman–Crippen LogP) is 0.242. The number of methoxy groups -OCH3 is 3. The minimum absolute atomic E-state index is 0.0256. The Labute approximate surface area is 265 Å². The van der Waals surface area contributed by atoms with Crippen molar-refractivity contribution in [3.05, 3.63) is 34.5 Å². The maximum atomic E-state index is 13.0. The van der Waals surface area contributed by atoms with Gasteiger partial charge in [-0.1, -0.05) is 0 Å². The van der Waals surface area contributed by atoms with Gasteiger partial charge in [-0.05, 0) is 25.1 Å². The summed E-state index contributed by atoms with van der Waals surface area (Å²) in [5.41, 5.74) is -2.61. The quantitative estimate of drug-likeness (QED) is 0.128. The summed E-state index contributed by atoms with van der Waals surface area (Å²) in [6.45, 7) is 0.485. The Morgan fingerprint density at radius 1 is 0.894 bits per heavy atom. The molecule has 0 spiro atoms. The van der Waals surface area contributed by atoms with E-state index in [2.05, 4.69) is 0 Å². The number of carboxylic acid groups (broad SMARTS) is 1. The molecule has 6 atom stereocenters. The first-order valence-corrected chi connectivity index (χ1v) is 13.9. The van der Waals surface area contributed by atoms with Crippen molar-refractivity contribution < 1.29 is 78.2 Å². The number of aromatic hydroxyl groups is 2. The van der Waals surface area contributed by atoms with Crippen LogP contribution >= 0.6 is 0 Å². The number of ether oxygens (including phenoxy) is 6. The summed E-state index contributed by atoms with van der Waals surface area (Å²) < 4.78 is 37.7. The second-order valence-electron chi connectivity index (χ2n) is 10.9. The fraction of sp³-hybridized carbons (Fsp3) is 0.433. The van der Waals surface area contributed by atoms with Crippen molar-refractivity contribution in [1.29, 1.82) is 0 Å². The third kappa shape index (κ3) is 7.28. The first-order chi connectivity index (χ1) is 22.1. The summed E-state index contributed by atoms with van der Waals surface area (Å²) in [6.07, 6.45) is -9.78. The molecule has 47 heavy (non-hydrogen) atoms. The van der Waals surface area contributed by atoms with Crippen LogP contribution in [0, 0.1) is 0 Å². The number of carbonyl (C=O) groups is 2. The number of carboxylic acids is 1. The molecule has 2 aromatic carbocycles. The second-order valence-corrected chi connectivity index (χ2v) is 10.9. The lowest BCUT2D eigenvalue weighted by Gasteiger charge is -2.40. The molecule has 256 valence electrons. The molecule has 6 unspecified atom stereocenters. The third-order valence-corrected chi connectivity index (χ3v) is 7.27. The molecule has 0 amide bonds. The van der Waals surface area contributed by atoms with Crippen molar-refractivity contribution in [2.45, 2.75) is 56.1 Å². The normalized spacial score (nSPS) is 22.3. The minimum atomic E-state index is -1.91. The van der Waals surface area contributed by atoms with E-state index >= 15 is 0 Å². The van der Waals surface area contributed by atoms with Gasteiger partial charge in [-0.15, -0.1) is 0 Å². The summed E-state index contributed by atoms with van der Waals surface area (Å²) in [7, 11) is 3.68. The number of phenolic OH excluding ortho intramolecular Hbond substituents is 2. The van der Waals surface area contributed by atoms with Crippen LogP contribution < -0.4 is 24.4 Å². The van der Waals surface area contributed by atoms with Gasteiger partial charge in [-0.3, -0.25) is 14.4 Å². The van der Waals surface area contributed by atoms with Crippen molar-refractivity contribution in [2.24, 2.45) is 0 Å². The van der Waals surface area contributed by atoms with Crippen molar-refractivity contribution in [3.63, 3.8) is 0 Å². The van der Waals surface area contributed by atoms with Gasteiger partial charge in [0, 0.05) is 11.6 Å². The number of aliphatic hydroxyl groups is 4. The van der Waals surface area contributed by atoms with E-state index in [0.29, 0.717) is 0 Å². The lowest BCUT2D eigenvalue weighted by molar-refractivity contribution is -0.278. The van der Waals surface area contributed by atoms with Gasteiger partial charge in [-0.25, -0.2) is 0 Å². The Hall–Kier alpha value is -4.81. The second kappa shape index (κ2) is 13.9. The molecule has 0 saturated carbocycles. The Kier molecular flexibility index (Phi) is 10.4. The van der Waals surface area contributed by atoms with Crippen LogP contribution in [-0.2, 0) is 19.1 Å². The molecule has 1 aliphatic rings. The van der Waals surface area contributed by atoms with Crippen LogP contribution in [0.2, 0.25) is 0 Å². The Morgan fingerprint density at radius 3 is 2.19 bits per heavy atom. The fourth-order valence-electron chi connectivity index (χ4n) is 4.96. The Balaban J connectivity index is 1.57. The van der Waals surface area contributed by atoms with Gasteiger partial charge in [0.2, 0.25) is 23.5 Å². The number of phenols is 2. The van der Waals surface area contributed by atoms with Gasteiger partial charge in [0.1, 0.15) is 42.2 Å². The van der Waals surface area contributed by atoms with Crippen LogP contribution in [0.4, 0.5) is 0 Å². The highest BCUT2D eigenvalue weighted by atomic mass is 16.7. The molecule has 0 radical (unpaired) electrons. The molecule has 2 heterocycles. The molecule has 1 saturated heterocycles. The summed E-state index contributed by atoms with van der Waals surface area (Å²) in [6, 6.07) is 5.25. The highest BCUT2D eigenvalue weighted by Gasteiger charge is 2.46. The summed E-state index contributed by atoms with van der Waals surface area (Å²) in [5, 5.41) is 71.0. The molecular formula is C30H34O17. The molecule has 1 aliphatic heterocycles. The van der Waals surface area contributed by atoms with Gasteiger partial charge in [-0.2, -0.15) is 0 Å². The van der Waals surface area contributed by atoms with E-state index in [0.717, 1.165) is 13.0 Å². The number of hydrogen-bond acceptors (Lipinski definition) is 16. The molecule has 1 aromatic heterocycles. The number of hydrogen-bond donors (Lipinski definition) is 7. The van der Waals surface area contributed by atoms with Crippen molar-refractivity contribution in [2.75, 3.05) is 27.9 Å². The minimum Gasteiger partial charge on any atom is -0.504 e. The van der Waals surface area contributed by atoms with E-state index in [4.69, 9.17) is 37.9 Å². The van der Waals surface area contributed by atoms with E-state index in [1.165, 1.54) is 39.5 Å². The van der Waals surface area contributed by atoms with Gasteiger partial charge in [0.25, 0.3) is 0 Å². The molecule has 3 aromatic rings. The van der Waals surface area contributed by atoms with Gasteiger partial charge in [0.05, 0.1) is 39.8 Å². The summed E-state index contributed by atoms with van der Waals surface area (Å²) in [4.78, 5) is 36.1. The lowest BCUT2D eigenvalue weighted by Crippen LogP contribution is -2.60. The van der Waals surface area contributed by atoms with Crippen LogP contribution in [0.15, 0.2) is 33.5 Å². The molecular weight excluding hydrogens is 632 g/mol. The molecule has 4 rings (SSSR count). The zero-order chi connectivity index (χ0) is 34.8. The third-order valence-electron chi connectivity index (χ3n) is 7.27. The number of aliphatic carboxylic acids is 1. The number of rotatable bonds is 12. The highest BCUT2D eigenvalue weighted by molar-refractivity contribution is 5.95. The van der Waals surface area contributed by atoms with Crippen molar-refractivity contribution >= 4 is 22.9 Å². The smallest absolute Gasteiger partial charge is 0.308 e. The van der Waals surface area contributed by atoms with Gasteiger partial charge < -0.3 is 68.6 Å². The number of esters is 1. The summed E-state index contributed by atoms with van der Waals surface area (Å²) >= 11 is 0. The Morgan fingerprint density at radius 2 is 1.57 bits per heavy atom. The number of carbonyl (C=O) groups excluding carboxylic acids is 1. The predicted molar refractivity (Wildman–Crippen MR) is 157 cm³/mol. The molecule has 0 bridgehead atoms. The average Bonchev–Trinajstić information content (AvgIpc) is 3.00. The molecule has 1 fully saturated rings. The first kappa shape index (κ1) is 35.1. The average molecular weight is 667 g/mol. The van der Waals surface area contributed by atoms with Crippen molar-refractivity contribution in [1.82, 2.24) is 0 Å². The van der Waals surface area contributed by atoms with E-state index in [1.807, 2.05) is 0 Å². The largest absolute Gasteiger partial charge is 0.504 e. The lowest BCUT2D eigenvalue weighted by atomic mass is 9.98. The van der Waals surface area contributed by atoms with E-state index in [1.54, 1.807) is 0 Å². The van der Waals surface area contributed by atoms with Gasteiger partial charge in [0.15, 0.2) is 28.3 Å².